The van der Waals surface area contributed by atoms with Crippen molar-refractivity contribution in [1.82, 2.24) is 0 Å². The van der Waals surface area contributed by atoms with Crippen molar-refractivity contribution in [3.05, 3.63) is 29.8 Å². The van der Waals surface area contributed by atoms with Crippen molar-refractivity contribution in [2.24, 2.45) is 5.92 Å². The lowest BCUT2D eigenvalue weighted by molar-refractivity contribution is -0.127. The van der Waals surface area contributed by atoms with Gasteiger partial charge in [0.15, 0.2) is 0 Å². The summed E-state index contributed by atoms with van der Waals surface area (Å²) in [5.74, 6) is 0.533. The lowest BCUT2D eigenvalue weighted by atomic mass is 9.74. The van der Waals surface area contributed by atoms with E-state index in [2.05, 4.69) is 12.2 Å². The molecule has 0 aliphatic carbocycles. The molecular formula is C13H15NO2. The molecule has 1 aromatic rings. The Balaban J connectivity index is 2.09. The number of hydrogen-bond acceptors (Lipinski definition) is 2. The zero-order valence-corrected chi connectivity index (χ0v) is 9.32. The second-order valence-electron chi connectivity index (χ2n) is 4.91. The summed E-state index contributed by atoms with van der Waals surface area (Å²) in [7, 11) is 0. The van der Waals surface area contributed by atoms with Gasteiger partial charge in [-0.1, -0.05) is 25.1 Å². The van der Waals surface area contributed by atoms with Crippen LogP contribution < -0.4 is 5.32 Å². The summed E-state index contributed by atoms with van der Waals surface area (Å²) in [6.45, 7) is 3.41. The number of fused-ring (bicyclic) bond motifs is 2. The Labute approximate surface area is 94.8 Å². The third-order valence-corrected chi connectivity index (χ3v) is 3.57. The number of carbonyl (C=O) groups is 1. The van der Waals surface area contributed by atoms with Crippen LogP contribution in [0, 0.1) is 5.92 Å². The number of ether oxygens (including phenoxy) is 1. The first-order chi connectivity index (χ1) is 7.72. The quantitative estimate of drug-likeness (QED) is 0.721. The Kier molecular flexibility index (Phi) is 2.04. The molecule has 2 unspecified atom stereocenters. The lowest BCUT2D eigenvalue weighted by Gasteiger charge is -2.34. The minimum absolute atomic E-state index is 0.0975. The van der Waals surface area contributed by atoms with Crippen LogP contribution in [0.15, 0.2) is 24.3 Å². The smallest absolute Gasteiger partial charge is 0.237 e. The Bertz CT molecular complexity index is 443. The molecular weight excluding hydrogens is 202 g/mol. The molecule has 2 aliphatic heterocycles. The van der Waals surface area contributed by atoms with Crippen molar-refractivity contribution in [2.75, 3.05) is 18.5 Å². The number of benzene rings is 1. The average Bonchev–Trinajstić information content (AvgIpc) is 2.53. The number of rotatable bonds is 0. The summed E-state index contributed by atoms with van der Waals surface area (Å²) >= 11 is 0. The van der Waals surface area contributed by atoms with E-state index in [9.17, 15) is 4.79 Å². The van der Waals surface area contributed by atoms with Crippen LogP contribution in [0.25, 0.3) is 0 Å². The van der Waals surface area contributed by atoms with Crippen LogP contribution in [0.4, 0.5) is 5.69 Å². The molecule has 1 amide bonds. The second kappa shape index (κ2) is 3.32. The van der Waals surface area contributed by atoms with E-state index in [0.29, 0.717) is 12.5 Å². The Morgan fingerprint density at radius 1 is 1.44 bits per heavy atom. The topological polar surface area (TPSA) is 38.3 Å². The molecule has 1 fully saturated rings. The first-order valence-corrected chi connectivity index (χ1v) is 5.71. The van der Waals surface area contributed by atoms with Crippen molar-refractivity contribution in [3.63, 3.8) is 0 Å². The van der Waals surface area contributed by atoms with Gasteiger partial charge in [-0.25, -0.2) is 0 Å². The van der Waals surface area contributed by atoms with Crippen LogP contribution in [0.3, 0.4) is 0 Å². The van der Waals surface area contributed by atoms with Crippen molar-refractivity contribution >= 4 is 11.6 Å². The van der Waals surface area contributed by atoms with Gasteiger partial charge in [0.2, 0.25) is 5.91 Å². The number of carbonyl (C=O) groups excluding carboxylic acids is 1. The fraction of sp³-hybridized carbons (Fsp3) is 0.462. The van der Waals surface area contributed by atoms with Crippen molar-refractivity contribution in [1.29, 1.82) is 0 Å². The molecule has 0 bridgehead atoms. The van der Waals surface area contributed by atoms with Crippen LogP contribution in [0.1, 0.15) is 18.9 Å². The highest BCUT2D eigenvalue weighted by molar-refractivity contribution is 6.06. The van der Waals surface area contributed by atoms with Crippen LogP contribution in [0.2, 0.25) is 0 Å². The minimum atomic E-state index is -0.436. The van der Waals surface area contributed by atoms with E-state index in [1.54, 1.807) is 0 Å². The van der Waals surface area contributed by atoms with Gasteiger partial charge in [-0.3, -0.25) is 4.79 Å². The number of nitrogens with one attached hydrogen (secondary N) is 1. The van der Waals surface area contributed by atoms with E-state index in [-0.39, 0.29) is 5.91 Å². The second-order valence-corrected chi connectivity index (χ2v) is 4.91. The minimum Gasteiger partial charge on any atom is -0.380 e. The molecule has 3 rings (SSSR count). The van der Waals surface area contributed by atoms with Crippen LogP contribution in [-0.4, -0.2) is 19.1 Å². The van der Waals surface area contributed by atoms with Gasteiger partial charge in [0.05, 0.1) is 12.0 Å². The predicted molar refractivity (Wildman–Crippen MR) is 61.3 cm³/mol. The van der Waals surface area contributed by atoms with Gasteiger partial charge in [0, 0.05) is 12.3 Å². The fourth-order valence-electron chi connectivity index (χ4n) is 2.87. The molecule has 1 N–H and O–H groups in total. The van der Waals surface area contributed by atoms with E-state index < -0.39 is 5.41 Å². The molecule has 2 heterocycles. The molecule has 2 atom stereocenters. The third-order valence-electron chi connectivity index (χ3n) is 3.57. The van der Waals surface area contributed by atoms with Gasteiger partial charge in [0.25, 0.3) is 0 Å². The maximum absolute atomic E-state index is 12.2. The van der Waals surface area contributed by atoms with Gasteiger partial charge >= 0.3 is 0 Å². The molecule has 84 valence electrons. The molecule has 0 aromatic heterocycles. The molecule has 3 heteroatoms. The predicted octanol–water partition coefficient (Wildman–Crippen LogP) is 1.93. The lowest BCUT2D eigenvalue weighted by Crippen LogP contribution is -2.44. The maximum Gasteiger partial charge on any atom is 0.237 e. The van der Waals surface area contributed by atoms with Crippen LogP contribution in [0.5, 0.6) is 0 Å². The summed E-state index contributed by atoms with van der Waals surface area (Å²) in [6, 6.07) is 7.93. The fourth-order valence-corrected chi connectivity index (χ4v) is 2.87. The van der Waals surface area contributed by atoms with E-state index in [1.165, 1.54) is 0 Å². The highest BCUT2D eigenvalue weighted by Crippen LogP contribution is 2.44. The molecule has 1 spiro atoms. The molecule has 3 nitrogen and oxygen atoms in total. The molecule has 2 aliphatic rings. The highest BCUT2D eigenvalue weighted by Gasteiger charge is 2.49. The summed E-state index contributed by atoms with van der Waals surface area (Å²) < 4.78 is 5.59. The third kappa shape index (κ3) is 1.21. The van der Waals surface area contributed by atoms with Crippen molar-refractivity contribution < 1.29 is 9.53 Å². The summed E-state index contributed by atoms with van der Waals surface area (Å²) in [6.07, 6.45) is 0.885. The SMILES string of the molecule is CC1COCC2(C1)C(=O)Nc1ccccc12. The van der Waals surface area contributed by atoms with Gasteiger partial charge in [-0.15, -0.1) is 0 Å². The van der Waals surface area contributed by atoms with E-state index in [4.69, 9.17) is 4.74 Å². The molecule has 0 saturated carbocycles. The molecule has 1 aromatic carbocycles. The summed E-state index contributed by atoms with van der Waals surface area (Å²) in [5, 5.41) is 2.96. The van der Waals surface area contributed by atoms with Crippen molar-refractivity contribution in [2.45, 2.75) is 18.8 Å². The van der Waals surface area contributed by atoms with Gasteiger partial charge < -0.3 is 10.1 Å². The largest absolute Gasteiger partial charge is 0.380 e. The molecule has 16 heavy (non-hydrogen) atoms. The maximum atomic E-state index is 12.2. The Morgan fingerprint density at radius 2 is 2.25 bits per heavy atom. The van der Waals surface area contributed by atoms with E-state index >= 15 is 0 Å². The molecule has 1 saturated heterocycles. The summed E-state index contributed by atoms with van der Waals surface area (Å²) in [4.78, 5) is 12.2. The van der Waals surface area contributed by atoms with Crippen LogP contribution >= 0.6 is 0 Å². The normalized spacial score (nSPS) is 32.6. The summed E-state index contributed by atoms with van der Waals surface area (Å²) in [5.41, 5.74) is 1.62. The standard InChI is InChI=1S/C13H15NO2/c1-9-6-13(8-16-7-9)10-4-2-3-5-11(10)14-12(13)15/h2-5,9H,6-8H2,1H3,(H,14,15). The van der Waals surface area contributed by atoms with Gasteiger partial charge in [-0.05, 0) is 24.0 Å². The Morgan fingerprint density at radius 3 is 3.06 bits per heavy atom. The highest BCUT2D eigenvalue weighted by atomic mass is 16.5. The number of amides is 1. The first-order valence-electron chi connectivity index (χ1n) is 5.71. The molecule has 0 radical (unpaired) electrons. The van der Waals surface area contributed by atoms with Gasteiger partial charge in [0.1, 0.15) is 0 Å². The number of para-hydroxylation sites is 1. The zero-order valence-electron chi connectivity index (χ0n) is 9.32. The number of anilines is 1. The number of hydrogen-bond donors (Lipinski definition) is 1. The monoisotopic (exact) mass is 217 g/mol. The average molecular weight is 217 g/mol. The zero-order chi connectivity index (χ0) is 11.2. The van der Waals surface area contributed by atoms with E-state index in [1.807, 2.05) is 24.3 Å². The Hall–Kier alpha value is -1.35. The first kappa shape index (κ1) is 9.85. The van der Waals surface area contributed by atoms with Crippen LogP contribution in [-0.2, 0) is 14.9 Å². The van der Waals surface area contributed by atoms with E-state index in [0.717, 1.165) is 24.3 Å². The van der Waals surface area contributed by atoms with Crippen molar-refractivity contribution in [3.8, 4) is 0 Å². The van der Waals surface area contributed by atoms with Gasteiger partial charge in [-0.2, -0.15) is 0 Å².